The standard InChI is InChI=1S/C16H32N2O2S/c1-5-16(6-2)12-18(9-10-21(19,20)13(3)4)15(11-17-16)14-7-8-14/h13-15,17H,5-12H2,1-4H3. The molecule has 5 heteroatoms. The minimum atomic E-state index is -2.94. The Morgan fingerprint density at radius 2 is 1.86 bits per heavy atom. The van der Waals surface area contributed by atoms with Crippen molar-refractivity contribution in [2.24, 2.45) is 5.92 Å². The maximum atomic E-state index is 12.1. The van der Waals surface area contributed by atoms with Gasteiger partial charge in [-0.1, -0.05) is 13.8 Å². The first kappa shape index (κ1) is 17.2. The van der Waals surface area contributed by atoms with E-state index >= 15 is 0 Å². The predicted octanol–water partition coefficient (Wildman–Crippen LogP) is 2.05. The molecule has 1 heterocycles. The van der Waals surface area contributed by atoms with Gasteiger partial charge >= 0.3 is 0 Å². The molecule has 0 spiro atoms. The van der Waals surface area contributed by atoms with Crippen molar-refractivity contribution in [2.45, 2.75) is 70.2 Å². The lowest BCUT2D eigenvalue weighted by Crippen LogP contribution is -2.64. The summed E-state index contributed by atoms with van der Waals surface area (Å²) in [6.07, 6.45) is 4.83. The van der Waals surface area contributed by atoms with E-state index in [0.717, 1.165) is 31.8 Å². The Balaban J connectivity index is 2.04. The van der Waals surface area contributed by atoms with Crippen LogP contribution in [0.2, 0.25) is 0 Å². The van der Waals surface area contributed by atoms with Gasteiger partial charge in [-0.25, -0.2) is 8.42 Å². The van der Waals surface area contributed by atoms with Crippen LogP contribution in [0.3, 0.4) is 0 Å². The topological polar surface area (TPSA) is 49.4 Å². The van der Waals surface area contributed by atoms with E-state index in [1.54, 1.807) is 13.8 Å². The second-order valence-electron chi connectivity index (χ2n) is 7.16. The molecule has 1 aliphatic carbocycles. The van der Waals surface area contributed by atoms with Crippen molar-refractivity contribution in [3.8, 4) is 0 Å². The zero-order valence-electron chi connectivity index (χ0n) is 14.1. The molecule has 4 nitrogen and oxygen atoms in total. The van der Waals surface area contributed by atoms with Crippen LogP contribution >= 0.6 is 0 Å². The quantitative estimate of drug-likeness (QED) is 0.781. The normalized spacial score (nSPS) is 27.2. The Morgan fingerprint density at radius 3 is 2.33 bits per heavy atom. The minimum absolute atomic E-state index is 0.174. The third-order valence-corrected chi connectivity index (χ3v) is 7.75. The van der Waals surface area contributed by atoms with Crippen LogP contribution in [-0.2, 0) is 9.84 Å². The van der Waals surface area contributed by atoms with Gasteiger partial charge in [0.05, 0.1) is 11.0 Å². The van der Waals surface area contributed by atoms with Gasteiger partial charge in [-0.15, -0.1) is 0 Å². The van der Waals surface area contributed by atoms with Gasteiger partial charge in [0.1, 0.15) is 0 Å². The molecule has 0 amide bonds. The van der Waals surface area contributed by atoms with Crippen LogP contribution < -0.4 is 5.32 Å². The molecule has 1 unspecified atom stereocenters. The van der Waals surface area contributed by atoms with Crippen molar-refractivity contribution in [1.82, 2.24) is 10.2 Å². The number of sulfone groups is 1. The van der Waals surface area contributed by atoms with E-state index in [4.69, 9.17) is 0 Å². The highest BCUT2D eigenvalue weighted by molar-refractivity contribution is 7.92. The molecule has 21 heavy (non-hydrogen) atoms. The van der Waals surface area contributed by atoms with E-state index < -0.39 is 9.84 Å². The summed E-state index contributed by atoms with van der Waals surface area (Å²) in [7, 11) is -2.94. The van der Waals surface area contributed by atoms with Crippen LogP contribution in [0, 0.1) is 5.92 Å². The number of nitrogens with one attached hydrogen (secondary N) is 1. The largest absolute Gasteiger partial charge is 0.308 e. The van der Waals surface area contributed by atoms with Gasteiger partial charge in [0.15, 0.2) is 9.84 Å². The molecule has 1 saturated heterocycles. The summed E-state index contributed by atoms with van der Waals surface area (Å²) in [5.74, 6) is 1.09. The molecule has 0 bridgehead atoms. The SMILES string of the molecule is CCC1(CC)CN(CCS(=O)(=O)C(C)C)C(C2CC2)CN1. The van der Waals surface area contributed by atoms with Crippen molar-refractivity contribution in [2.75, 3.05) is 25.4 Å². The lowest BCUT2D eigenvalue weighted by molar-refractivity contribution is 0.0672. The Morgan fingerprint density at radius 1 is 1.24 bits per heavy atom. The Labute approximate surface area is 130 Å². The van der Waals surface area contributed by atoms with Crippen molar-refractivity contribution >= 4 is 9.84 Å². The van der Waals surface area contributed by atoms with Crippen molar-refractivity contribution < 1.29 is 8.42 Å². The Bertz CT molecular complexity index is 439. The second-order valence-corrected chi connectivity index (χ2v) is 9.84. The summed E-state index contributed by atoms with van der Waals surface area (Å²) in [6, 6.07) is 0.540. The van der Waals surface area contributed by atoms with Crippen molar-refractivity contribution in [1.29, 1.82) is 0 Å². The molecule has 2 rings (SSSR count). The van der Waals surface area contributed by atoms with Crippen LogP contribution in [0.15, 0.2) is 0 Å². The average Bonchev–Trinajstić information content (AvgIpc) is 3.29. The fraction of sp³-hybridized carbons (Fsp3) is 1.00. The zero-order chi connectivity index (χ0) is 15.7. The molecule has 0 aromatic heterocycles. The smallest absolute Gasteiger partial charge is 0.153 e. The highest BCUT2D eigenvalue weighted by Gasteiger charge is 2.43. The van der Waals surface area contributed by atoms with E-state index in [-0.39, 0.29) is 10.8 Å². The van der Waals surface area contributed by atoms with Gasteiger partial charge in [0.25, 0.3) is 0 Å². The third-order valence-electron chi connectivity index (χ3n) is 5.56. The minimum Gasteiger partial charge on any atom is -0.308 e. The van der Waals surface area contributed by atoms with Crippen molar-refractivity contribution in [3.05, 3.63) is 0 Å². The maximum absolute atomic E-state index is 12.1. The molecule has 1 N–H and O–H groups in total. The summed E-state index contributed by atoms with van der Waals surface area (Å²) in [5.41, 5.74) is 0.174. The van der Waals surface area contributed by atoms with Crippen LogP contribution in [-0.4, -0.2) is 55.5 Å². The second kappa shape index (κ2) is 6.55. The summed E-state index contributed by atoms with van der Waals surface area (Å²) in [6.45, 7) is 10.8. The number of hydrogen-bond acceptors (Lipinski definition) is 4. The predicted molar refractivity (Wildman–Crippen MR) is 88.3 cm³/mol. The Hall–Kier alpha value is -0.130. The van der Waals surface area contributed by atoms with Gasteiger partial charge in [-0.05, 0) is 45.4 Å². The summed E-state index contributed by atoms with van der Waals surface area (Å²) < 4.78 is 24.2. The lowest BCUT2D eigenvalue weighted by atomic mass is 9.87. The first-order valence-electron chi connectivity index (χ1n) is 8.54. The zero-order valence-corrected chi connectivity index (χ0v) is 14.9. The van der Waals surface area contributed by atoms with Gasteiger partial charge in [-0.2, -0.15) is 0 Å². The van der Waals surface area contributed by atoms with Gasteiger partial charge in [-0.3, -0.25) is 4.90 Å². The number of piperazine rings is 1. The average molecular weight is 317 g/mol. The highest BCUT2D eigenvalue weighted by atomic mass is 32.2. The maximum Gasteiger partial charge on any atom is 0.153 e. The molecule has 0 aromatic carbocycles. The van der Waals surface area contributed by atoms with Crippen LogP contribution in [0.1, 0.15) is 53.4 Å². The molecule has 2 aliphatic rings. The van der Waals surface area contributed by atoms with Crippen LogP contribution in [0.4, 0.5) is 0 Å². The monoisotopic (exact) mass is 316 g/mol. The molecule has 1 saturated carbocycles. The van der Waals surface area contributed by atoms with Gasteiger partial charge in [0.2, 0.25) is 0 Å². The molecule has 124 valence electrons. The Kier molecular flexibility index (Phi) is 5.37. The molecule has 1 atom stereocenters. The van der Waals surface area contributed by atoms with Crippen LogP contribution in [0.25, 0.3) is 0 Å². The first-order valence-corrected chi connectivity index (χ1v) is 10.3. The number of rotatable bonds is 7. The lowest BCUT2D eigenvalue weighted by Gasteiger charge is -2.48. The first-order chi connectivity index (χ1) is 9.83. The molecule has 1 aliphatic heterocycles. The summed E-state index contributed by atoms with van der Waals surface area (Å²) in [5, 5.41) is 3.50. The fourth-order valence-corrected chi connectivity index (χ4v) is 4.37. The molecule has 0 radical (unpaired) electrons. The van der Waals surface area contributed by atoms with Crippen molar-refractivity contribution in [3.63, 3.8) is 0 Å². The number of hydrogen-bond donors (Lipinski definition) is 1. The van der Waals surface area contributed by atoms with Gasteiger partial charge in [0, 0.05) is 31.2 Å². The molecule has 0 aromatic rings. The van der Waals surface area contributed by atoms with E-state index in [0.29, 0.717) is 18.3 Å². The molecule has 2 fully saturated rings. The summed E-state index contributed by atoms with van der Waals surface area (Å²) >= 11 is 0. The fourth-order valence-electron chi connectivity index (χ4n) is 3.41. The van der Waals surface area contributed by atoms with E-state index in [1.807, 2.05) is 0 Å². The van der Waals surface area contributed by atoms with Gasteiger partial charge < -0.3 is 5.32 Å². The third kappa shape index (κ3) is 3.99. The van der Waals surface area contributed by atoms with E-state index in [2.05, 4.69) is 24.1 Å². The number of nitrogens with zero attached hydrogens (tertiary/aromatic N) is 1. The van der Waals surface area contributed by atoms with E-state index in [9.17, 15) is 8.42 Å². The molecular formula is C16H32N2O2S. The highest BCUT2D eigenvalue weighted by Crippen LogP contribution is 2.38. The van der Waals surface area contributed by atoms with E-state index in [1.165, 1.54) is 12.8 Å². The molecular weight excluding hydrogens is 284 g/mol. The van der Waals surface area contributed by atoms with Crippen LogP contribution in [0.5, 0.6) is 0 Å². The summed E-state index contributed by atoms with van der Waals surface area (Å²) in [4.78, 5) is 2.47.